The quantitative estimate of drug-likeness (QED) is 0.0777. The molecule has 8 heteroatoms. The van der Waals surface area contributed by atoms with Gasteiger partial charge in [-0.2, -0.15) is 0 Å². The van der Waals surface area contributed by atoms with Crippen molar-refractivity contribution >= 4 is 0 Å². The zero-order valence-electron chi connectivity index (χ0n) is 54.8. The Bertz CT molecular complexity index is 2330. The number of fused-ring (bicyclic) bond motifs is 8. The van der Waals surface area contributed by atoms with Crippen molar-refractivity contribution in [3.63, 3.8) is 0 Å². The van der Waals surface area contributed by atoms with E-state index >= 15 is 0 Å². The molecule has 8 saturated carbocycles. The molecule has 9 aliphatic rings. The fourth-order valence-electron chi connectivity index (χ4n) is 20.0. The third-order valence-electron chi connectivity index (χ3n) is 24.6. The maximum absolute atomic E-state index is 13.2. The van der Waals surface area contributed by atoms with Crippen LogP contribution in [0.25, 0.3) is 0 Å². The fraction of sp³-hybridized carbons (Fsp3) is 0.700. The number of phenols is 4. The van der Waals surface area contributed by atoms with Gasteiger partial charge in [-0.15, -0.1) is 0 Å². The molecule has 480 valence electrons. The minimum Gasteiger partial charge on any atom is -0.507 e. The maximum atomic E-state index is 13.2. The Morgan fingerprint density at radius 1 is 0.205 bits per heavy atom. The minimum atomic E-state index is 0.306. The second-order valence-corrected chi connectivity index (χ2v) is 30.8. The summed E-state index contributed by atoms with van der Waals surface area (Å²) in [6.45, 7) is 3.42. The molecule has 4 aromatic rings. The average molecular weight is 1200 g/mol. The zero-order chi connectivity index (χ0) is 59.8. The van der Waals surface area contributed by atoms with Crippen LogP contribution in [0.1, 0.15) is 324 Å². The molecule has 9 aliphatic carbocycles. The van der Waals surface area contributed by atoms with Crippen LogP contribution >= 0.6 is 0 Å². The Morgan fingerprint density at radius 3 is 0.455 bits per heavy atom. The van der Waals surface area contributed by atoms with Gasteiger partial charge in [0.25, 0.3) is 0 Å². The lowest BCUT2D eigenvalue weighted by atomic mass is 9.86. The summed E-state index contributed by atoms with van der Waals surface area (Å²) >= 11 is 0. The highest BCUT2D eigenvalue weighted by molar-refractivity contribution is 5.57. The van der Waals surface area contributed by atoms with Crippen LogP contribution in [-0.4, -0.2) is 88.4 Å². The Hall–Kier alpha value is -4.08. The van der Waals surface area contributed by atoms with Crippen molar-refractivity contribution in [1.82, 2.24) is 19.6 Å². The molecule has 0 amide bonds. The second-order valence-electron chi connectivity index (χ2n) is 30.8. The molecule has 0 spiro atoms. The van der Waals surface area contributed by atoms with Crippen molar-refractivity contribution in [3.8, 4) is 23.0 Å². The van der Waals surface area contributed by atoms with Crippen molar-refractivity contribution in [2.45, 2.75) is 357 Å². The van der Waals surface area contributed by atoms with Gasteiger partial charge in [-0.05, 0) is 169 Å². The third-order valence-corrected chi connectivity index (χ3v) is 24.6. The summed E-state index contributed by atoms with van der Waals surface area (Å²) in [7, 11) is 0. The predicted molar refractivity (Wildman–Crippen MR) is 361 cm³/mol. The van der Waals surface area contributed by atoms with Gasteiger partial charge in [0.05, 0.1) is 0 Å². The molecule has 13 rings (SSSR count). The number of nitrogens with zero attached hydrogens (tertiary/aromatic N) is 4. The van der Waals surface area contributed by atoms with Gasteiger partial charge in [-0.3, -0.25) is 19.6 Å². The highest BCUT2D eigenvalue weighted by atomic mass is 16.3. The summed E-state index contributed by atoms with van der Waals surface area (Å²) in [6.07, 6.45) is 53.3. The smallest absolute Gasteiger partial charge is 0.122 e. The SMILES string of the molecule is Oc1c2cc(CN(C3CCCCC3)C3CCCCC3)cc1Cc1cc(CN(C3CCCCC3)C3CCCCC3)cc(c1O)Cc1cc(CN(C3CCCCC3)C3CCCCC3)cc(c1O)Cc1cc(CN(C3CCCCC3)C3CCCCC3)cc(c1O)C2. The monoisotopic (exact) mass is 1200 g/mol. The molecule has 8 bridgehead atoms. The van der Waals surface area contributed by atoms with E-state index in [1.807, 2.05) is 0 Å². The predicted octanol–water partition coefficient (Wildman–Crippen LogP) is 19.1. The molecular formula is C80H116N4O4. The number of benzene rings is 4. The van der Waals surface area contributed by atoms with Gasteiger partial charge in [0.2, 0.25) is 0 Å². The standard InChI is InChI=1S/C80H116N4O4/c85-77-61-41-57(53-81(69-25-9-1-10-26-69)70-27-11-2-12-28-70)42-62(77)50-64-44-59(55-83(73-33-17-5-18-34-73)74-35-19-6-20-36-74)46-66(79(64)87)52-68-48-60(56-84(75-37-21-7-22-38-75)76-39-23-8-24-40-76)47-67(80(68)88)51-65-45-58(43-63(49-61)78(65)86)54-82(71-29-13-3-14-30-71)72-31-15-4-16-32-72/h41-48,69-76,85-88H,1-40,49-56H2. The molecule has 0 heterocycles. The third kappa shape index (κ3) is 15.2. The number of rotatable bonds is 16. The van der Waals surface area contributed by atoms with Crippen LogP contribution in [-0.2, 0) is 51.9 Å². The largest absolute Gasteiger partial charge is 0.507 e. The van der Waals surface area contributed by atoms with Gasteiger partial charge in [-0.1, -0.05) is 203 Å². The summed E-state index contributed by atoms with van der Waals surface area (Å²) < 4.78 is 0. The Balaban J connectivity index is 0.966. The van der Waals surface area contributed by atoms with Crippen molar-refractivity contribution in [3.05, 3.63) is 115 Å². The molecule has 0 unspecified atom stereocenters. The van der Waals surface area contributed by atoms with Crippen LogP contribution in [0.15, 0.2) is 48.5 Å². The second kappa shape index (κ2) is 30.1. The topological polar surface area (TPSA) is 93.9 Å². The van der Waals surface area contributed by atoms with Gasteiger partial charge in [0.15, 0.2) is 0 Å². The van der Waals surface area contributed by atoms with Crippen LogP contribution in [0.2, 0.25) is 0 Å². The Labute approximate surface area is 532 Å². The molecular weight excluding hydrogens is 1080 g/mol. The number of hydrogen-bond donors (Lipinski definition) is 4. The van der Waals surface area contributed by atoms with Crippen LogP contribution < -0.4 is 0 Å². The van der Waals surface area contributed by atoms with Crippen LogP contribution in [0, 0.1) is 0 Å². The average Bonchev–Trinajstić information content (AvgIpc) is 2.21. The van der Waals surface area contributed by atoms with Crippen LogP contribution in [0.5, 0.6) is 23.0 Å². The molecule has 88 heavy (non-hydrogen) atoms. The van der Waals surface area contributed by atoms with E-state index in [1.54, 1.807) is 0 Å². The first-order chi connectivity index (χ1) is 43.2. The van der Waals surface area contributed by atoms with E-state index in [-0.39, 0.29) is 0 Å². The molecule has 4 aromatic carbocycles. The van der Waals surface area contributed by atoms with Crippen LogP contribution in [0.4, 0.5) is 0 Å². The van der Waals surface area contributed by atoms with Crippen LogP contribution in [0.3, 0.4) is 0 Å². The molecule has 0 saturated heterocycles. The lowest BCUT2D eigenvalue weighted by molar-refractivity contribution is 0.0730. The van der Waals surface area contributed by atoms with Crippen molar-refractivity contribution < 1.29 is 20.4 Å². The van der Waals surface area contributed by atoms with Gasteiger partial charge in [0, 0.05) is 100 Å². The number of phenolic OH excluding ortho intramolecular Hbond substituents is 4. The first-order valence-corrected chi connectivity index (χ1v) is 37.6. The highest BCUT2D eigenvalue weighted by Gasteiger charge is 2.35. The van der Waals surface area contributed by atoms with E-state index in [4.69, 9.17) is 0 Å². The van der Waals surface area contributed by atoms with E-state index < -0.39 is 0 Å². The normalized spacial score (nSPS) is 22.8. The van der Waals surface area contributed by atoms with E-state index in [9.17, 15) is 20.4 Å². The summed E-state index contributed by atoms with van der Waals surface area (Å²) in [5.41, 5.74) is 12.0. The lowest BCUT2D eigenvalue weighted by Crippen LogP contribution is -2.44. The van der Waals surface area contributed by atoms with Crippen molar-refractivity contribution in [2.24, 2.45) is 0 Å². The molecule has 8 fully saturated rings. The maximum Gasteiger partial charge on any atom is 0.122 e. The Kier molecular flexibility index (Phi) is 21.5. The summed E-state index contributed by atoms with van der Waals surface area (Å²) in [4.78, 5) is 11.6. The summed E-state index contributed by atoms with van der Waals surface area (Å²) in [6, 6.07) is 23.1. The van der Waals surface area contributed by atoms with E-state index in [0.717, 1.165) is 70.7 Å². The fourth-order valence-corrected chi connectivity index (χ4v) is 20.0. The van der Waals surface area contributed by atoms with Crippen molar-refractivity contribution in [1.29, 1.82) is 0 Å². The minimum absolute atomic E-state index is 0.306. The van der Waals surface area contributed by atoms with E-state index in [2.05, 4.69) is 68.1 Å². The number of hydrogen-bond acceptors (Lipinski definition) is 8. The molecule has 4 N–H and O–H groups in total. The Morgan fingerprint density at radius 2 is 0.330 bits per heavy atom. The lowest BCUT2D eigenvalue weighted by Gasteiger charge is -2.42. The first kappa shape index (κ1) is 62.7. The van der Waals surface area contributed by atoms with E-state index in [1.165, 1.54) is 279 Å². The zero-order valence-corrected chi connectivity index (χ0v) is 54.8. The first-order valence-electron chi connectivity index (χ1n) is 37.6. The summed E-state index contributed by atoms with van der Waals surface area (Å²) in [5, 5.41) is 52.7. The van der Waals surface area contributed by atoms with Gasteiger partial charge in [0.1, 0.15) is 23.0 Å². The molecule has 0 atom stereocenters. The van der Waals surface area contributed by atoms with Gasteiger partial charge in [-0.25, -0.2) is 0 Å². The highest BCUT2D eigenvalue weighted by Crippen LogP contribution is 2.44. The number of aromatic hydroxyl groups is 4. The molecule has 8 nitrogen and oxygen atoms in total. The summed E-state index contributed by atoms with van der Waals surface area (Å²) in [5.74, 6) is 1.22. The van der Waals surface area contributed by atoms with Gasteiger partial charge >= 0.3 is 0 Å². The van der Waals surface area contributed by atoms with E-state index in [0.29, 0.717) is 97.0 Å². The molecule has 0 aromatic heterocycles. The van der Waals surface area contributed by atoms with Crippen molar-refractivity contribution in [2.75, 3.05) is 0 Å². The molecule has 0 aliphatic heterocycles. The van der Waals surface area contributed by atoms with Gasteiger partial charge < -0.3 is 20.4 Å². The molecule has 0 radical (unpaired) electrons.